The second-order valence-corrected chi connectivity index (χ2v) is 3.40. The molecule has 0 aromatic carbocycles. The molecule has 0 aliphatic carbocycles. The van der Waals surface area contributed by atoms with Crippen molar-refractivity contribution in [1.29, 1.82) is 0 Å². The largest absolute Gasteiger partial charge is 0.480 e. The van der Waals surface area contributed by atoms with Crippen molar-refractivity contribution < 1.29 is 19.4 Å². The Morgan fingerprint density at radius 1 is 1.47 bits per heavy atom. The summed E-state index contributed by atoms with van der Waals surface area (Å²) in [6.07, 6.45) is 6.57. The molecule has 6 nitrogen and oxygen atoms in total. The third-order valence-corrected chi connectivity index (χ3v) is 1.99. The van der Waals surface area contributed by atoms with Crippen molar-refractivity contribution in [3.63, 3.8) is 0 Å². The molecule has 0 aromatic rings. The molecule has 0 saturated carbocycles. The van der Waals surface area contributed by atoms with E-state index in [1.165, 1.54) is 0 Å². The average molecular weight is 242 g/mol. The van der Waals surface area contributed by atoms with E-state index in [4.69, 9.17) is 16.3 Å². The van der Waals surface area contributed by atoms with E-state index < -0.39 is 18.0 Å². The maximum atomic E-state index is 11.3. The zero-order valence-electron chi connectivity index (χ0n) is 9.86. The second-order valence-electron chi connectivity index (χ2n) is 3.40. The highest BCUT2D eigenvalue weighted by atomic mass is 16.5. The molecule has 0 bridgehead atoms. The molecule has 0 radical (unpaired) electrons. The predicted octanol–water partition coefficient (Wildman–Crippen LogP) is 0.189. The summed E-state index contributed by atoms with van der Waals surface area (Å²) >= 11 is 0. The smallest absolute Gasteiger partial charge is 0.327 e. The molecule has 0 rings (SSSR count). The molecule has 96 valence electrons. The summed E-state index contributed by atoms with van der Waals surface area (Å²) in [7, 11) is 1.61. The van der Waals surface area contributed by atoms with Crippen LogP contribution in [0.25, 0.3) is 0 Å². The van der Waals surface area contributed by atoms with Crippen LogP contribution in [0.2, 0.25) is 0 Å². The monoisotopic (exact) mass is 242 g/mol. The summed E-state index contributed by atoms with van der Waals surface area (Å²) in [4.78, 5) is 22.0. The van der Waals surface area contributed by atoms with Crippen molar-refractivity contribution in [2.24, 2.45) is 0 Å². The Kier molecular flexibility index (Phi) is 8.51. The predicted molar refractivity (Wildman–Crippen MR) is 62.5 cm³/mol. The molecular formula is C11H18N2O4. The first-order valence-corrected chi connectivity index (χ1v) is 5.31. The van der Waals surface area contributed by atoms with Crippen LogP contribution < -0.4 is 10.6 Å². The van der Waals surface area contributed by atoms with Crippen molar-refractivity contribution in [2.45, 2.75) is 25.3 Å². The Hall–Kier alpha value is -1.74. The highest BCUT2D eigenvalue weighted by molar-refractivity contribution is 5.82. The zero-order chi connectivity index (χ0) is 13.1. The van der Waals surface area contributed by atoms with Gasteiger partial charge in [-0.05, 0) is 12.8 Å². The van der Waals surface area contributed by atoms with Crippen LogP contribution in [-0.2, 0) is 9.53 Å². The van der Waals surface area contributed by atoms with Gasteiger partial charge in [0.15, 0.2) is 0 Å². The van der Waals surface area contributed by atoms with Crippen molar-refractivity contribution in [2.75, 3.05) is 20.3 Å². The van der Waals surface area contributed by atoms with Crippen molar-refractivity contribution in [3.8, 4) is 12.3 Å². The lowest BCUT2D eigenvalue weighted by Gasteiger charge is -2.12. The molecule has 0 heterocycles. The number of hydrogen-bond acceptors (Lipinski definition) is 3. The normalized spacial score (nSPS) is 11.3. The number of urea groups is 1. The molecule has 0 aliphatic heterocycles. The van der Waals surface area contributed by atoms with Crippen molar-refractivity contribution in [1.82, 2.24) is 10.6 Å². The molecule has 6 heteroatoms. The van der Waals surface area contributed by atoms with E-state index in [2.05, 4.69) is 16.6 Å². The summed E-state index contributed by atoms with van der Waals surface area (Å²) in [5.41, 5.74) is 0. The number of carboxylic acids is 1. The fourth-order valence-electron chi connectivity index (χ4n) is 1.10. The van der Waals surface area contributed by atoms with Gasteiger partial charge < -0.3 is 20.5 Å². The molecule has 1 unspecified atom stereocenters. The maximum absolute atomic E-state index is 11.3. The molecule has 0 aromatic heterocycles. The Morgan fingerprint density at radius 3 is 2.71 bits per heavy atom. The molecule has 2 amide bonds. The van der Waals surface area contributed by atoms with Gasteiger partial charge in [-0.1, -0.05) is 0 Å². The fraction of sp³-hybridized carbons (Fsp3) is 0.636. The van der Waals surface area contributed by atoms with Gasteiger partial charge >= 0.3 is 12.0 Å². The number of carbonyl (C=O) groups excluding carboxylic acids is 1. The number of hydrogen-bond donors (Lipinski definition) is 3. The minimum absolute atomic E-state index is 0.0353. The fourth-order valence-corrected chi connectivity index (χ4v) is 1.10. The highest BCUT2D eigenvalue weighted by Crippen LogP contribution is 1.91. The van der Waals surface area contributed by atoms with Gasteiger partial charge in [-0.2, -0.15) is 0 Å². The molecule has 1 atom stereocenters. The molecule has 17 heavy (non-hydrogen) atoms. The van der Waals surface area contributed by atoms with Crippen LogP contribution in [0.3, 0.4) is 0 Å². The summed E-state index contributed by atoms with van der Waals surface area (Å²) in [5.74, 6) is 1.06. The van der Waals surface area contributed by atoms with E-state index in [0.717, 1.165) is 12.8 Å². The quantitative estimate of drug-likeness (QED) is 0.419. The van der Waals surface area contributed by atoms with Gasteiger partial charge in [-0.15, -0.1) is 12.3 Å². The second kappa shape index (κ2) is 9.48. The van der Waals surface area contributed by atoms with Crippen LogP contribution >= 0.6 is 0 Å². The van der Waals surface area contributed by atoms with Crippen molar-refractivity contribution >= 4 is 12.0 Å². The third-order valence-electron chi connectivity index (χ3n) is 1.99. The van der Waals surface area contributed by atoms with E-state index in [0.29, 0.717) is 13.2 Å². The zero-order valence-corrected chi connectivity index (χ0v) is 9.86. The topological polar surface area (TPSA) is 87.7 Å². The van der Waals surface area contributed by atoms with Crippen LogP contribution in [-0.4, -0.2) is 43.4 Å². The number of methoxy groups -OCH3 is 1. The molecule has 0 aliphatic rings. The standard InChI is InChI=1S/C11H18N2O4/c1-3-6-9(10(14)15)13-11(16)12-7-4-5-8-17-2/h1,9H,4-8H2,2H3,(H,14,15)(H2,12,13,16). The summed E-state index contributed by atoms with van der Waals surface area (Å²) in [6, 6.07) is -1.57. The minimum atomic E-state index is -1.14. The van der Waals surface area contributed by atoms with Crippen LogP contribution in [0.4, 0.5) is 4.79 Å². The summed E-state index contributed by atoms with van der Waals surface area (Å²) in [6.45, 7) is 1.11. The lowest BCUT2D eigenvalue weighted by Crippen LogP contribution is -2.46. The first kappa shape index (κ1) is 15.3. The number of carbonyl (C=O) groups is 2. The van der Waals surface area contributed by atoms with Crippen LogP contribution in [0, 0.1) is 12.3 Å². The van der Waals surface area contributed by atoms with Crippen molar-refractivity contribution in [3.05, 3.63) is 0 Å². The number of amides is 2. The molecule has 0 saturated heterocycles. The molecule has 3 N–H and O–H groups in total. The average Bonchev–Trinajstić information content (AvgIpc) is 2.28. The lowest BCUT2D eigenvalue weighted by atomic mass is 10.2. The van der Waals surface area contributed by atoms with Crippen LogP contribution in [0.5, 0.6) is 0 Å². The minimum Gasteiger partial charge on any atom is -0.480 e. The SMILES string of the molecule is C#CCC(NC(=O)NCCCCOC)C(=O)O. The van der Waals surface area contributed by atoms with Crippen LogP contribution in [0.1, 0.15) is 19.3 Å². The van der Waals surface area contributed by atoms with Gasteiger partial charge in [0, 0.05) is 26.7 Å². The van der Waals surface area contributed by atoms with E-state index in [9.17, 15) is 9.59 Å². The lowest BCUT2D eigenvalue weighted by molar-refractivity contribution is -0.139. The third kappa shape index (κ3) is 8.11. The molecule has 0 fully saturated rings. The Labute approximate surface area is 101 Å². The van der Waals surface area contributed by atoms with Gasteiger partial charge in [0.25, 0.3) is 0 Å². The van der Waals surface area contributed by atoms with Gasteiger partial charge in [0.2, 0.25) is 0 Å². The number of rotatable bonds is 8. The Balaban J connectivity index is 3.76. The number of terminal acetylenes is 1. The summed E-state index contributed by atoms with van der Waals surface area (Å²) in [5, 5.41) is 13.6. The van der Waals surface area contributed by atoms with Gasteiger partial charge in [-0.3, -0.25) is 0 Å². The number of ether oxygens (including phenoxy) is 1. The summed E-state index contributed by atoms with van der Waals surface area (Å²) < 4.78 is 4.85. The van der Waals surface area contributed by atoms with E-state index in [-0.39, 0.29) is 6.42 Å². The Morgan fingerprint density at radius 2 is 2.18 bits per heavy atom. The molecule has 0 spiro atoms. The highest BCUT2D eigenvalue weighted by Gasteiger charge is 2.17. The van der Waals surface area contributed by atoms with Gasteiger partial charge in [-0.25, -0.2) is 9.59 Å². The van der Waals surface area contributed by atoms with E-state index in [1.807, 2.05) is 0 Å². The van der Waals surface area contributed by atoms with E-state index in [1.54, 1.807) is 7.11 Å². The number of nitrogens with one attached hydrogen (secondary N) is 2. The van der Waals surface area contributed by atoms with Crippen LogP contribution in [0.15, 0.2) is 0 Å². The first-order valence-electron chi connectivity index (χ1n) is 5.31. The van der Waals surface area contributed by atoms with E-state index >= 15 is 0 Å². The molecular weight excluding hydrogens is 224 g/mol. The maximum Gasteiger partial charge on any atom is 0.327 e. The number of unbranched alkanes of at least 4 members (excludes halogenated alkanes) is 1. The number of carboxylic acid groups (broad SMARTS) is 1. The number of aliphatic carboxylic acids is 1. The van der Waals surface area contributed by atoms with Gasteiger partial charge in [0.1, 0.15) is 6.04 Å². The Bertz CT molecular complexity index is 286. The van der Waals surface area contributed by atoms with Gasteiger partial charge in [0.05, 0.1) is 0 Å². The first-order chi connectivity index (χ1) is 8.11.